The molecule has 2 rings (SSSR count). The van der Waals surface area contributed by atoms with Gasteiger partial charge in [0.25, 0.3) is 0 Å². The SMILES string of the molecule is N#CCCCCc1ncnc2[nH]ccc12. The molecule has 2 aromatic rings. The molecule has 1 N–H and O–H groups in total. The molecule has 0 unspecified atom stereocenters. The summed E-state index contributed by atoms with van der Waals surface area (Å²) >= 11 is 0. The maximum atomic E-state index is 8.42. The van der Waals surface area contributed by atoms with Gasteiger partial charge >= 0.3 is 0 Å². The first-order chi connectivity index (χ1) is 7.42. The van der Waals surface area contributed by atoms with E-state index in [1.807, 2.05) is 12.3 Å². The van der Waals surface area contributed by atoms with Gasteiger partial charge in [0.1, 0.15) is 12.0 Å². The predicted molar refractivity (Wildman–Crippen MR) is 57.1 cm³/mol. The lowest BCUT2D eigenvalue weighted by molar-refractivity contribution is 0.742. The van der Waals surface area contributed by atoms with Crippen LogP contribution in [0.2, 0.25) is 0 Å². The molecule has 0 fully saturated rings. The van der Waals surface area contributed by atoms with Gasteiger partial charge in [0.05, 0.1) is 11.8 Å². The monoisotopic (exact) mass is 200 g/mol. The molecular formula is C11H12N4. The van der Waals surface area contributed by atoms with Gasteiger partial charge in [-0.15, -0.1) is 0 Å². The van der Waals surface area contributed by atoms with Crippen molar-refractivity contribution in [1.29, 1.82) is 5.26 Å². The van der Waals surface area contributed by atoms with Gasteiger partial charge in [-0.05, 0) is 25.3 Å². The maximum absolute atomic E-state index is 8.42. The zero-order chi connectivity index (χ0) is 10.5. The lowest BCUT2D eigenvalue weighted by atomic mass is 10.1. The van der Waals surface area contributed by atoms with Crippen molar-refractivity contribution in [2.24, 2.45) is 0 Å². The number of hydrogen-bond donors (Lipinski definition) is 1. The summed E-state index contributed by atoms with van der Waals surface area (Å²) in [4.78, 5) is 11.4. The second-order valence-electron chi connectivity index (χ2n) is 3.43. The highest BCUT2D eigenvalue weighted by Crippen LogP contribution is 2.14. The Morgan fingerprint density at radius 2 is 2.27 bits per heavy atom. The molecular weight excluding hydrogens is 188 g/mol. The molecule has 0 aliphatic carbocycles. The first kappa shape index (κ1) is 9.66. The van der Waals surface area contributed by atoms with E-state index in [9.17, 15) is 0 Å². The largest absolute Gasteiger partial charge is 0.346 e. The van der Waals surface area contributed by atoms with Gasteiger partial charge in [0.2, 0.25) is 0 Å². The summed E-state index contributed by atoms with van der Waals surface area (Å²) in [6.45, 7) is 0. The molecule has 0 amide bonds. The zero-order valence-electron chi connectivity index (χ0n) is 8.40. The van der Waals surface area contributed by atoms with Crippen LogP contribution in [0, 0.1) is 11.3 Å². The summed E-state index contributed by atoms with van der Waals surface area (Å²) in [5.41, 5.74) is 1.96. The van der Waals surface area contributed by atoms with Crippen LogP contribution in [0.25, 0.3) is 11.0 Å². The van der Waals surface area contributed by atoms with Gasteiger partial charge in [0.15, 0.2) is 0 Å². The lowest BCUT2D eigenvalue weighted by Gasteiger charge is -1.99. The molecule has 0 aliphatic heterocycles. The second-order valence-corrected chi connectivity index (χ2v) is 3.43. The highest BCUT2D eigenvalue weighted by Gasteiger charge is 2.03. The van der Waals surface area contributed by atoms with Gasteiger partial charge < -0.3 is 4.98 Å². The number of H-pyrrole nitrogens is 1. The molecule has 76 valence electrons. The van der Waals surface area contributed by atoms with E-state index in [2.05, 4.69) is 21.0 Å². The second kappa shape index (κ2) is 4.56. The van der Waals surface area contributed by atoms with E-state index in [1.54, 1.807) is 6.33 Å². The lowest BCUT2D eigenvalue weighted by Crippen LogP contribution is -1.92. The van der Waals surface area contributed by atoms with Crippen molar-refractivity contribution in [3.63, 3.8) is 0 Å². The molecule has 0 aliphatic rings. The molecule has 4 nitrogen and oxygen atoms in total. The molecule has 0 atom stereocenters. The van der Waals surface area contributed by atoms with E-state index >= 15 is 0 Å². The minimum atomic E-state index is 0.626. The Hall–Kier alpha value is -1.89. The Kier molecular flexibility index (Phi) is 2.93. The number of nitriles is 1. The van der Waals surface area contributed by atoms with Crippen molar-refractivity contribution >= 4 is 11.0 Å². The fraction of sp³-hybridized carbons (Fsp3) is 0.364. The van der Waals surface area contributed by atoms with Crippen LogP contribution >= 0.6 is 0 Å². The Morgan fingerprint density at radius 1 is 1.33 bits per heavy atom. The molecule has 15 heavy (non-hydrogen) atoms. The van der Waals surface area contributed by atoms with Crippen molar-refractivity contribution < 1.29 is 0 Å². The first-order valence-corrected chi connectivity index (χ1v) is 5.06. The van der Waals surface area contributed by atoms with E-state index in [1.165, 1.54) is 0 Å². The molecule has 0 aromatic carbocycles. The van der Waals surface area contributed by atoms with Gasteiger partial charge in [0, 0.05) is 18.0 Å². The molecule has 0 bridgehead atoms. The normalized spacial score (nSPS) is 10.3. The van der Waals surface area contributed by atoms with Gasteiger partial charge in [-0.3, -0.25) is 0 Å². The molecule has 2 aromatic heterocycles. The van der Waals surface area contributed by atoms with E-state index in [0.717, 1.165) is 36.0 Å². The van der Waals surface area contributed by atoms with Crippen LogP contribution in [0.1, 0.15) is 25.0 Å². The maximum Gasteiger partial charge on any atom is 0.140 e. The predicted octanol–water partition coefficient (Wildman–Crippen LogP) is 2.19. The summed E-state index contributed by atoms with van der Waals surface area (Å²) in [6.07, 6.45) is 6.94. The number of aryl methyl sites for hydroxylation is 1. The van der Waals surface area contributed by atoms with Crippen molar-refractivity contribution in [1.82, 2.24) is 15.0 Å². The van der Waals surface area contributed by atoms with Crippen LogP contribution in [0.5, 0.6) is 0 Å². The summed E-state index contributed by atoms with van der Waals surface area (Å²) < 4.78 is 0. The average molecular weight is 200 g/mol. The minimum absolute atomic E-state index is 0.626. The van der Waals surface area contributed by atoms with E-state index in [-0.39, 0.29) is 0 Å². The van der Waals surface area contributed by atoms with E-state index < -0.39 is 0 Å². The zero-order valence-corrected chi connectivity index (χ0v) is 8.40. The number of nitrogens with zero attached hydrogens (tertiary/aromatic N) is 3. The standard InChI is InChI=1S/C11H12N4/c12-6-3-1-2-4-10-9-5-7-13-11(9)15-8-14-10/h5,7-8H,1-4H2,(H,13,14,15). The number of fused-ring (bicyclic) bond motifs is 1. The number of aromatic amines is 1. The smallest absolute Gasteiger partial charge is 0.140 e. The molecule has 0 spiro atoms. The highest BCUT2D eigenvalue weighted by molar-refractivity contribution is 5.77. The third-order valence-corrected chi connectivity index (χ3v) is 2.39. The minimum Gasteiger partial charge on any atom is -0.346 e. The number of hydrogen-bond acceptors (Lipinski definition) is 3. The number of unbranched alkanes of at least 4 members (excludes halogenated alkanes) is 2. The van der Waals surface area contributed by atoms with Crippen LogP contribution < -0.4 is 0 Å². The molecule has 0 saturated heterocycles. The van der Waals surface area contributed by atoms with Gasteiger partial charge in [-0.2, -0.15) is 5.26 Å². The van der Waals surface area contributed by atoms with Crippen LogP contribution in [-0.4, -0.2) is 15.0 Å². The quantitative estimate of drug-likeness (QED) is 0.769. The van der Waals surface area contributed by atoms with Crippen LogP contribution in [-0.2, 0) is 6.42 Å². The van der Waals surface area contributed by atoms with Gasteiger partial charge in [-0.1, -0.05) is 0 Å². The van der Waals surface area contributed by atoms with Crippen molar-refractivity contribution in [3.8, 4) is 6.07 Å². The highest BCUT2D eigenvalue weighted by atomic mass is 14.9. The van der Waals surface area contributed by atoms with Crippen molar-refractivity contribution in [3.05, 3.63) is 24.3 Å². The van der Waals surface area contributed by atoms with Crippen LogP contribution in [0.3, 0.4) is 0 Å². The summed E-state index contributed by atoms with van der Waals surface area (Å²) in [6, 6.07) is 4.14. The summed E-state index contributed by atoms with van der Waals surface area (Å²) in [7, 11) is 0. The Bertz CT molecular complexity index is 481. The van der Waals surface area contributed by atoms with Gasteiger partial charge in [-0.25, -0.2) is 9.97 Å². The molecule has 4 heteroatoms. The first-order valence-electron chi connectivity index (χ1n) is 5.06. The number of aromatic nitrogens is 3. The molecule has 0 radical (unpaired) electrons. The number of rotatable bonds is 4. The van der Waals surface area contributed by atoms with Crippen molar-refractivity contribution in [2.45, 2.75) is 25.7 Å². The van der Waals surface area contributed by atoms with Crippen LogP contribution in [0.15, 0.2) is 18.6 Å². The number of nitrogens with one attached hydrogen (secondary N) is 1. The van der Waals surface area contributed by atoms with E-state index in [4.69, 9.17) is 5.26 Å². The molecule has 0 saturated carbocycles. The summed E-state index contributed by atoms with van der Waals surface area (Å²) in [5, 5.41) is 9.51. The van der Waals surface area contributed by atoms with Crippen molar-refractivity contribution in [2.75, 3.05) is 0 Å². The average Bonchev–Trinajstić information content (AvgIpc) is 2.73. The Balaban J connectivity index is 2.08. The summed E-state index contributed by atoms with van der Waals surface area (Å²) in [5.74, 6) is 0. The Labute approximate surface area is 88.0 Å². The topological polar surface area (TPSA) is 65.4 Å². The Morgan fingerprint density at radius 3 is 3.13 bits per heavy atom. The fourth-order valence-electron chi connectivity index (χ4n) is 1.62. The molecule has 2 heterocycles. The third kappa shape index (κ3) is 2.13. The fourth-order valence-corrected chi connectivity index (χ4v) is 1.62. The third-order valence-electron chi connectivity index (χ3n) is 2.39. The van der Waals surface area contributed by atoms with E-state index in [0.29, 0.717) is 6.42 Å². The van der Waals surface area contributed by atoms with Crippen LogP contribution in [0.4, 0.5) is 0 Å².